The van der Waals surface area contributed by atoms with E-state index < -0.39 is 0 Å². The van der Waals surface area contributed by atoms with Gasteiger partial charge in [0.25, 0.3) is 0 Å². The minimum Gasteiger partial charge on any atom is -0.469 e. The van der Waals surface area contributed by atoms with Crippen LogP contribution in [0.2, 0.25) is 0 Å². The summed E-state index contributed by atoms with van der Waals surface area (Å²) in [5.41, 5.74) is 1.86. The SMILES string of the molecule is O=c1oc2ccccc2c2c1[C@@H](c1ccccc1)C[C@@H](n1ccnc1)O2. The molecule has 0 aliphatic carbocycles. The summed E-state index contributed by atoms with van der Waals surface area (Å²) in [6.07, 6.45) is 5.75. The molecule has 0 saturated carbocycles. The lowest BCUT2D eigenvalue weighted by Gasteiger charge is -2.32. The summed E-state index contributed by atoms with van der Waals surface area (Å²) in [7, 11) is 0. The molecule has 0 fully saturated rings. The molecule has 5 rings (SSSR count). The Labute approximate surface area is 149 Å². The lowest BCUT2D eigenvalue weighted by molar-refractivity contribution is 0.0995. The third kappa shape index (κ3) is 2.32. The highest BCUT2D eigenvalue weighted by Gasteiger charge is 2.34. The van der Waals surface area contributed by atoms with Crippen molar-refractivity contribution in [3.63, 3.8) is 0 Å². The highest BCUT2D eigenvalue weighted by Crippen LogP contribution is 2.44. The van der Waals surface area contributed by atoms with E-state index >= 15 is 0 Å². The lowest BCUT2D eigenvalue weighted by Crippen LogP contribution is -2.28. The molecule has 5 nitrogen and oxygen atoms in total. The van der Waals surface area contributed by atoms with Crippen LogP contribution in [0.1, 0.15) is 29.7 Å². The molecule has 2 atom stereocenters. The zero-order valence-corrected chi connectivity index (χ0v) is 13.9. The van der Waals surface area contributed by atoms with Gasteiger partial charge in [0.05, 0.1) is 17.3 Å². The van der Waals surface area contributed by atoms with Crippen molar-refractivity contribution in [1.82, 2.24) is 9.55 Å². The summed E-state index contributed by atoms with van der Waals surface area (Å²) >= 11 is 0. The van der Waals surface area contributed by atoms with Crippen molar-refractivity contribution in [3.8, 4) is 5.75 Å². The number of para-hydroxylation sites is 1. The summed E-state index contributed by atoms with van der Waals surface area (Å²) < 4.78 is 13.8. The molecule has 0 bridgehead atoms. The predicted octanol–water partition coefficient (Wildman–Crippen LogP) is 4.10. The average Bonchev–Trinajstić information content (AvgIpc) is 3.23. The third-order valence-electron chi connectivity index (χ3n) is 4.90. The Morgan fingerprint density at radius 1 is 1.04 bits per heavy atom. The highest BCUT2D eigenvalue weighted by molar-refractivity contribution is 5.85. The number of ether oxygens (including phenoxy) is 1. The summed E-state index contributed by atoms with van der Waals surface area (Å²) in [4.78, 5) is 16.9. The summed E-state index contributed by atoms with van der Waals surface area (Å²) in [5.74, 6) is 0.504. The number of hydrogen-bond donors (Lipinski definition) is 0. The molecule has 5 heteroatoms. The molecule has 2 aromatic heterocycles. The normalized spacial score (nSPS) is 19.1. The Hall–Kier alpha value is -3.34. The molecule has 0 saturated heterocycles. The number of imidazole rings is 1. The van der Waals surface area contributed by atoms with E-state index in [2.05, 4.69) is 4.98 Å². The van der Waals surface area contributed by atoms with Crippen molar-refractivity contribution in [2.75, 3.05) is 0 Å². The van der Waals surface area contributed by atoms with Gasteiger partial charge in [-0.2, -0.15) is 0 Å². The largest absolute Gasteiger partial charge is 0.469 e. The fourth-order valence-corrected chi connectivity index (χ4v) is 3.68. The molecular formula is C21H16N2O3. The smallest absolute Gasteiger partial charge is 0.343 e. The quantitative estimate of drug-likeness (QED) is 0.514. The van der Waals surface area contributed by atoms with E-state index in [1.807, 2.05) is 59.3 Å². The van der Waals surface area contributed by atoms with Gasteiger partial charge in [-0.3, -0.25) is 0 Å². The average molecular weight is 344 g/mol. The van der Waals surface area contributed by atoms with Crippen molar-refractivity contribution in [3.05, 3.63) is 94.9 Å². The Kier molecular flexibility index (Phi) is 3.38. The van der Waals surface area contributed by atoms with E-state index in [0.29, 0.717) is 23.3 Å². The van der Waals surface area contributed by atoms with Crippen LogP contribution in [0, 0.1) is 0 Å². The van der Waals surface area contributed by atoms with Gasteiger partial charge in [0, 0.05) is 24.7 Å². The first-order chi connectivity index (χ1) is 12.8. The van der Waals surface area contributed by atoms with Gasteiger partial charge in [0.2, 0.25) is 0 Å². The molecule has 3 heterocycles. The molecule has 0 unspecified atom stereocenters. The summed E-state index contributed by atoms with van der Waals surface area (Å²) in [6, 6.07) is 17.5. The van der Waals surface area contributed by atoms with Gasteiger partial charge in [0.1, 0.15) is 11.3 Å². The monoisotopic (exact) mass is 344 g/mol. The standard InChI is InChI=1S/C21H16N2O3/c24-21-19-16(14-6-2-1-3-7-14)12-18(23-11-10-22-13-23)26-20(19)15-8-4-5-9-17(15)25-21/h1-11,13,16,18H,12H2/t16-,18+/m1/s1. The summed E-state index contributed by atoms with van der Waals surface area (Å²) in [5, 5.41) is 0.813. The second kappa shape index (κ2) is 5.88. The van der Waals surface area contributed by atoms with Gasteiger partial charge >= 0.3 is 5.63 Å². The van der Waals surface area contributed by atoms with Crippen molar-refractivity contribution in [2.45, 2.75) is 18.6 Å². The van der Waals surface area contributed by atoms with Gasteiger partial charge in [0.15, 0.2) is 6.23 Å². The topological polar surface area (TPSA) is 57.3 Å². The number of aromatic nitrogens is 2. The molecule has 0 radical (unpaired) electrons. The molecule has 26 heavy (non-hydrogen) atoms. The first-order valence-corrected chi connectivity index (χ1v) is 8.56. The van der Waals surface area contributed by atoms with E-state index in [0.717, 1.165) is 10.9 Å². The van der Waals surface area contributed by atoms with Crippen LogP contribution in [0.15, 0.2) is 82.5 Å². The number of hydrogen-bond acceptors (Lipinski definition) is 4. The first-order valence-electron chi connectivity index (χ1n) is 8.56. The third-order valence-corrected chi connectivity index (χ3v) is 4.90. The maximum atomic E-state index is 12.8. The zero-order valence-electron chi connectivity index (χ0n) is 13.9. The van der Waals surface area contributed by atoms with Crippen LogP contribution in [0.3, 0.4) is 0 Å². The lowest BCUT2D eigenvalue weighted by atomic mass is 9.86. The fraction of sp³-hybridized carbons (Fsp3) is 0.143. The molecule has 1 aliphatic heterocycles. The second-order valence-corrected chi connectivity index (χ2v) is 6.41. The number of benzene rings is 2. The summed E-state index contributed by atoms with van der Waals surface area (Å²) in [6.45, 7) is 0. The molecule has 0 N–H and O–H groups in total. The highest BCUT2D eigenvalue weighted by atomic mass is 16.5. The van der Waals surface area contributed by atoms with Gasteiger partial charge in [-0.15, -0.1) is 0 Å². The van der Waals surface area contributed by atoms with Crippen LogP contribution in [0.5, 0.6) is 5.75 Å². The number of rotatable bonds is 2. The van der Waals surface area contributed by atoms with Gasteiger partial charge < -0.3 is 13.7 Å². The minimum atomic E-state index is -0.336. The molecule has 0 amide bonds. The Morgan fingerprint density at radius 3 is 2.65 bits per heavy atom. The molecule has 1 aliphatic rings. The van der Waals surface area contributed by atoms with Crippen LogP contribution < -0.4 is 10.4 Å². The predicted molar refractivity (Wildman–Crippen MR) is 97.3 cm³/mol. The Balaban J connectivity index is 1.77. The minimum absolute atomic E-state index is 0.104. The van der Waals surface area contributed by atoms with Gasteiger partial charge in [-0.05, 0) is 17.7 Å². The first kappa shape index (κ1) is 15.0. The number of nitrogens with zero attached hydrogens (tertiary/aromatic N) is 2. The van der Waals surface area contributed by atoms with E-state index in [4.69, 9.17) is 9.15 Å². The maximum absolute atomic E-state index is 12.8. The fourth-order valence-electron chi connectivity index (χ4n) is 3.68. The maximum Gasteiger partial charge on any atom is 0.343 e. The molecule has 128 valence electrons. The van der Waals surface area contributed by atoms with Crippen LogP contribution in [0.25, 0.3) is 11.0 Å². The van der Waals surface area contributed by atoms with E-state index in [9.17, 15) is 4.79 Å². The van der Waals surface area contributed by atoms with E-state index in [-0.39, 0.29) is 17.8 Å². The Morgan fingerprint density at radius 2 is 1.85 bits per heavy atom. The molecule has 0 spiro atoms. The number of fused-ring (bicyclic) bond motifs is 3. The Bertz CT molecular complexity index is 1120. The van der Waals surface area contributed by atoms with E-state index in [1.54, 1.807) is 18.6 Å². The van der Waals surface area contributed by atoms with Crippen LogP contribution in [-0.4, -0.2) is 9.55 Å². The van der Waals surface area contributed by atoms with Crippen LogP contribution in [-0.2, 0) is 0 Å². The van der Waals surface area contributed by atoms with Crippen molar-refractivity contribution < 1.29 is 9.15 Å². The van der Waals surface area contributed by atoms with Gasteiger partial charge in [-0.1, -0.05) is 42.5 Å². The van der Waals surface area contributed by atoms with Gasteiger partial charge in [-0.25, -0.2) is 9.78 Å². The van der Waals surface area contributed by atoms with Crippen molar-refractivity contribution in [1.29, 1.82) is 0 Å². The van der Waals surface area contributed by atoms with E-state index in [1.165, 1.54) is 0 Å². The van der Waals surface area contributed by atoms with Crippen molar-refractivity contribution in [2.24, 2.45) is 0 Å². The zero-order chi connectivity index (χ0) is 17.5. The van der Waals surface area contributed by atoms with Crippen molar-refractivity contribution >= 4 is 11.0 Å². The van der Waals surface area contributed by atoms with Crippen LogP contribution in [0.4, 0.5) is 0 Å². The molecule has 4 aromatic rings. The second-order valence-electron chi connectivity index (χ2n) is 6.41. The van der Waals surface area contributed by atoms with Crippen LogP contribution >= 0.6 is 0 Å². The molecular weight excluding hydrogens is 328 g/mol. The molecule has 2 aromatic carbocycles.